The molecule has 0 aromatic carbocycles. The highest BCUT2D eigenvalue weighted by molar-refractivity contribution is 5.31. The molecule has 0 amide bonds. The molecule has 0 spiro atoms. The van der Waals surface area contributed by atoms with Crippen LogP contribution in [0.3, 0.4) is 0 Å². The summed E-state index contributed by atoms with van der Waals surface area (Å²) in [5.74, 6) is 0.598. The molecule has 1 saturated heterocycles. The summed E-state index contributed by atoms with van der Waals surface area (Å²) in [4.78, 5) is 6.46. The third-order valence-corrected chi connectivity index (χ3v) is 3.14. The van der Waals surface area contributed by atoms with Gasteiger partial charge in [-0.15, -0.1) is 0 Å². The largest absolute Gasteiger partial charge is 0.384 e. The van der Waals surface area contributed by atoms with Crippen LogP contribution in [0.5, 0.6) is 0 Å². The maximum atomic E-state index is 5.77. The predicted octanol–water partition coefficient (Wildman–Crippen LogP) is 1.66. The van der Waals surface area contributed by atoms with Gasteiger partial charge in [0.15, 0.2) is 0 Å². The zero-order valence-electron chi connectivity index (χ0n) is 10.4. The Kier molecular flexibility index (Phi) is 4.34. The summed E-state index contributed by atoms with van der Waals surface area (Å²) in [5.41, 5.74) is 6.92. The smallest absolute Gasteiger partial charge is 0.123 e. The second-order valence-corrected chi connectivity index (χ2v) is 4.58. The molecule has 4 nitrogen and oxygen atoms in total. The molecule has 1 fully saturated rings. The fourth-order valence-electron chi connectivity index (χ4n) is 2.21. The van der Waals surface area contributed by atoms with Crippen LogP contribution in [0.2, 0.25) is 0 Å². The van der Waals surface area contributed by atoms with Crippen LogP contribution in [-0.2, 0) is 11.3 Å². The van der Waals surface area contributed by atoms with E-state index in [1.165, 1.54) is 5.56 Å². The van der Waals surface area contributed by atoms with Crippen LogP contribution in [0.15, 0.2) is 18.3 Å². The minimum absolute atomic E-state index is 0.372. The van der Waals surface area contributed by atoms with Crippen molar-refractivity contribution in [2.45, 2.75) is 32.4 Å². The van der Waals surface area contributed by atoms with Crippen LogP contribution >= 0.6 is 0 Å². The molecule has 17 heavy (non-hydrogen) atoms. The molecule has 1 aliphatic rings. The Morgan fingerprint density at radius 2 is 2.47 bits per heavy atom. The van der Waals surface area contributed by atoms with Gasteiger partial charge in [0.1, 0.15) is 5.82 Å². The van der Waals surface area contributed by atoms with Crippen LogP contribution in [0.1, 0.15) is 25.3 Å². The van der Waals surface area contributed by atoms with Gasteiger partial charge in [-0.05, 0) is 30.5 Å². The predicted molar refractivity (Wildman–Crippen MR) is 68.6 cm³/mol. The molecule has 0 bridgehead atoms. The van der Waals surface area contributed by atoms with Crippen molar-refractivity contribution in [1.82, 2.24) is 9.88 Å². The van der Waals surface area contributed by atoms with E-state index in [4.69, 9.17) is 10.5 Å². The Morgan fingerprint density at radius 1 is 1.59 bits per heavy atom. The van der Waals surface area contributed by atoms with E-state index in [0.29, 0.717) is 11.9 Å². The minimum atomic E-state index is 0.372. The zero-order valence-corrected chi connectivity index (χ0v) is 10.4. The van der Waals surface area contributed by atoms with Gasteiger partial charge in [-0.25, -0.2) is 4.98 Å². The van der Waals surface area contributed by atoms with E-state index in [1.807, 2.05) is 12.1 Å². The van der Waals surface area contributed by atoms with Crippen molar-refractivity contribution in [3.8, 4) is 0 Å². The monoisotopic (exact) mass is 235 g/mol. The van der Waals surface area contributed by atoms with Gasteiger partial charge < -0.3 is 10.5 Å². The van der Waals surface area contributed by atoms with E-state index in [2.05, 4.69) is 16.8 Å². The quantitative estimate of drug-likeness (QED) is 0.865. The summed E-state index contributed by atoms with van der Waals surface area (Å²) in [6.07, 6.45) is 4.33. The second kappa shape index (κ2) is 5.98. The number of aromatic nitrogens is 1. The Labute approximate surface area is 103 Å². The van der Waals surface area contributed by atoms with Gasteiger partial charge >= 0.3 is 0 Å². The lowest BCUT2D eigenvalue weighted by molar-refractivity contribution is 0.0510. The first-order valence-corrected chi connectivity index (χ1v) is 6.32. The molecular formula is C13H21N3O. The van der Waals surface area contributed by atoms with Crippen LogP contribution < -0.4 is 5.73 Å². The standard InChI is InChI=1S/C13H21N3O/c1-2-12-10-16(6-3-7-17-12)9-11-4-5-15-13(14)8-11/h4-5,8,12H,2-3,6-7,9-10H2,1H3,(H2,14,15). The second-order valence-electron chi connectivity index (χ2n) is 4.58. The molecule has 0 saturated carbocycles. The van der Waals surface area contributed by atoms with Gasteiger partial charge in [0, 0.05) is 32.4 Å². The Hall–Kier alpha value is -1.13. The Bertz CT molecular complexity index is 356. The van der Waals surface area contributed by atoms with Gasteiger partial charge in [0.05, 0.1) is 6.10 Å². The normalized spacial score (nSPS) is 22.3. The highest BCUT2D eigenvalue weighted by Crippen LogP contribution is 2.13. The molecule has 4 heteroatoms. The molecule has 1 atom stereocenters. The van der Waals surface area contributed by atoms with Crippen LogP contribution in [0.4, 0.5) is 5.82 Å². The van der Waals surface area contributed by atoms with Gasteiger partial charge in [-0.2, -0.15) is 0 Å². The van der Waals surface area contributed by atoms with Gasteiger partial charge in [-0.3, -0.25) is 4.90 Å². The maximum absolute atomic E-state index is 5.77. The van der Waals surface area contributed by atoms with Gasteiger partial charge in [0.25, 0.3) is 0 Å². The fourth-order valence-corrected chi connectivity index (χ4v) is 2.21. The molecule has 0 radical (unpaired) electrons. The van der Waals surface area contributed by atoms with E-state index in [0.717, 1.165) is 39.1 Å². The van der Waals surface area contributed by atoms with Crippen molar-refractivity contribution in [1.29, 1.82) is 0 Å². The van der Waals surface area contributed by atoms with Crippen molar-refractivity contribution in [3.05, 3.63) is 23.9 Å². The molecule has 1 aromatic rings. The summed E-state index contributed by atoms with van der Waals surface area (Å²) in [6.45, 7) is 6.11. The summed E-state index contributed by atoms with van der Waals surface area (Å²) >= 11 is 0. The van der Waals surface area contributed by atoms with E-state index in [1.54, 1.807) is 6.20 Å². The number of nitrogens with zero attached hydrogens (tertiary/aromatic N) is 2. The summed E-state index contributed by atoms with van der Waals surface area (Å²) in [6, 6.07) is 3.98. The molecule has 1 aliphatic heterocycles. The topological polar surface area (TPSA) is 51.4 Å². The number of anilines is 1. The van der Waals surface area contributed by atoms with Crippen molar-refractivity contribution >= 4 is 5.82 Å². The van der Waals surface area contributed by atoms with E-state index >= 15 is 0 Å². The summed E-state index contributed by atoms with van der Waals surface area (Å²) in [5, 5.41) is 0. The summed E-state index contributed by atoms with van der Waals surface area (Å²) in [7, 11) is 0. The van der Waals surface area contributed by atoms with Crippen LogP contribution in [0.25, 0.3) is 0 Å². The Morgan fingerprint density at radius 3 is 3.24 bits per heavy atom. The number of rotatable bonds is 3. The van der Waals surface area contributed by atoms with E-state index in [-0.39, 0.29) is 0 Å². The molecule has 2 N–H and O–H groups in total. The number of hydrogen-bond donors (Lipinski definition) is 1. The lowest BCUT2D eigenvalue weighted by Gasteiger charge is -2.23. The Balaban J connectivity index is 1.97. The maximum Gasteiger partial charge on any atom is 0.123 e. The third-order valence-electron chi connectivity index (χ3n) is 3.14. The van der Waals surface area contributed by atoms with Crippen molar-refractivity contribution in [2.75, 3.05) is 25.4 Å². The first-order chi connectivity index (χ1) is 8.28. The molecular weight excluding hydrogens is 214 g/mol. The first kappa shape index (κ1) is 12.3. The minimum Gasteiger partial charge on any atom is -0.384 e. The molecule has 0 aliphatic carbocycles. The third kappa shape index (κ3) is 3.68. The molecule has 1 unspecified atom stereocenters. The number of pyridine rings is 1. The van der Waals surface area contributed by atoms with E-state index < -0.39 is 0 Å². The van der Waals surface area contributed by atoms with Gasteiger partial charge in [-0.1, -0.05) is 6.92 Å². The fraction of sp³-hybridized carbons (Fsp3) is 0.615. The molecule has 1 aromatic heterocycles. The average Bonchev–Trinajstić information content (AvgIpc) is 2.54. The lowest BCUT2D eigenvalue weighted by atomic mass is 10.2. The van der Waals surface area contributed by atoms with Crippen LogP contribution in [-0.4, -0.2) is 35.7 Å². The zero-order chi connectivity index (χ0) is 12.1. The molecule has 94 valence electrons. The van der Waals surface area contributed by atoms with Crippen molar-refractivity contribution in [2.24, 2.45) is 0 Å². The van der Waals surface area contributed by atoms with Crippen molar-refractivity contribution in [3.63, 3.8) is 0 Å². The van der Waals surface area contributed by atoms with Crippen LogP contribution in [0, 0.1) is 0 Å². The highest BCUT2D eigenvalue weighted by Gasteiger charge is 2.17. The average molecular weight is 235 g/mol. The lowest BCUT2D eigenvalue weighted by Crippen LogP contribution is -2.31. The van der Waals surface area contributed by atoms with E-state index in [9.17, 15) is 0 Å². The number of nitrogen functional groups attached to an aromatic ring is 1. The van der Waals surface area contributed by atoms with Gasteiger partial charge in [0.2, 0.25) is 0 Å². The summed E-state index contributed by atoms with van der Waals surface area (Å²) < 4.78 is 5.77. The number of ether oxygens (including phenoxy) is 1. The van der Waals surface area contributed by atoms with Crippen molar-refractivity contribution < 1.29 is 4.74 Å². The first-order valence-electron chi connectivity index (χ1n) is 6.32. The number of hydrogen-bond acceptors (Lipinski definition) is 4. The molecule has 2 rings (SSSR count). The number of nitrogens with two attached hydrogens (primary N) is 1. The molecule has 2 heterocycles. The highest BCUT2D eigenvalue weighted by atomic mass is 16.5. The SMILES string of the molecule is CCC1CN(Cc2ccnc(N)c2)CCCO1.